The average molecular weight is 287 g/mol. The predicted molar refractivity (Wildman–Crippen MR) is 79.2 cm³/mol. The van der Waals surface area contributed by atoms with E-state index in [1.807, 2.05) is 18.2 Å². The van der Waals surface area contributed by atoms with Crippen molar-refractivity contribution in [1.29, 1.82) is 0 Å². The number of amides is 1. The Kier molecular flexibility index (Phi) is 3.10. The first-order valence-corrected chi connectivity index (χ1v) is 6.80. The monoisotopic (exact) mass is 287 g/mol. The second kappa shape index (κ2) is 4.91. The van der Waals surface area contributed by atoms with Crippen LogP contribution in [0.4, 0.5) is 5.69 Å². The highest BCUT2D eigenvalue weighted by atomic mass is 32.1. The molecular weight excluding hydrogens is 278 g/mol. The molecule has 0 aliphatic rings. The normalized spacial score (nSPS) is 10.5. The molecule has 2 N–H and O–H groups in total. The van der Waals surface area contributed by atoms with Gasteiger partial charge < -0.3 is 10.3 Å². The molecule has 0 radical (unpaired) electrons. The van der Waals surface area contributed by atoms with E-state index in [2.05, 4.69) is 15.3 Å². The molecule has 94 valence electrons. The van der Waals surface area contributed by atoms with Gasteiger partial charge in [0.05, 0.1) is 10.2 Å². The molecule has 0 saturated carbocycles. The van der Waals surface area contributed by atoms with Crippen LogP contribution in [-0.4, -0.2) is 15.9 Å². The molecule has 19 heavy (non-hydrogen) atoms. The third-order valence-corrected chi connectivity index (χ3v) is 3.77. The number of carbonyl (C=O) groups is 1. The number of nitrogens with one attached hydrogen (secondary N) is 2. The zero-order valence-electron chi connectivity index (χ0n) is 9.71. The Morgan fingerprint density at radius 2 is 2.21 bits per heavy atom. The molecule has 4 nitrogen and oxygen atoms in total. The number of fused-ring (bicyclic) bond motifs is 1. The van der Waals surface area contributed by atoms with Crippen LogP contribution in [0.3, 0.4) is 0 Å². The molecule has 0 aliphatic carbocycles. The molecule has 0 spiro atoms. The molecule has 0 aliphatic heterocycles. The zero-order valence-corrected chi connectivity index (χ0v) is 11.3. The van der Waals surface area contributed by atoms with Crippen LogP contribution in [0.5, 0.6) is 0 Å². The summed E-state index contributed by atoms with van der Waals surface area (Å²) in [5.41, 5.74) is 2.10. The minimum Gasteiger partial charge on any atom is -0.337 e. The highest BCUT2D eigenvalue weighted by Crippen LogP contribution is 2.23. The fraction of sp³-hybridized carbons (Fsp3) is 0. The number of pyridine rings is 1. The Labute approximate surface area is 118 Å². The lowest BCUT2D eigenvalue weighted by Crippen LogP contribution is -2.13. The molecule has 3 aromatic rings. The van der Waals surface area contributed by atoms with Crippen molar-refractivity contribution in [2.75, 3.05) is 5.32 Å². The van der Waals surface area contributed by atoms with E-state index >= 15 is 0 Å². The van der Waals surface area contributed by atoms with Gasteiger partial charge >= 0.3 is 0 Å². The SMILES string of the molecule is O=C(Nc1ccc2[nH]c(=S)sc2c1)c1ccccn1. The zero-order chi connectivity index (χ0) is 13.2. The lowest BCUT2D eigenvalue weighted by atomic mass is 10.3. The topological polar surface area (TPSA) is 57.8 Å². The second-order valence-corrected chi connectivity index (χ2v) is 5.61. The van der Waals surface area contributed by atoms with Gasteiger partial charge in [0.15, 0.2) is 3.95 Å². The van der Waals surface area contributed by atoms with E-state index < -0.39 is 0 Å². The molecule has 0 unspecified atom stereocenters. The predicted octanol–water partition coefficient (Wildman–Crippen LogP) is 3.61. The lowest BCUT2D eigenvalue weighted by Gasteiger charge is -2.04. The van der Waals surface area contributed by atoms with Crippen molar-refractivity contribution in [3.8, 4) is 0 Å². The first-order chi connectivity index (χ1) is 9.22. The maximum Gasteiger partial charge on any atom is 0.274 e. The number of hydrogen-bond acceptors (Lipinski definition) is 4. The quantitative estimate of drug-likeness (QED) is 0.708. The third kappa shape index (κ3) is 2.54. The van der Waals surface area contributed by atoms with Gasteiger partial charge in [0.2, 0.25) is 0 Å². The molecule has 0 bridgehead atoms. The number of aromatic nitrogens is 2. The van der Waals surface area contributed by atoms with Crippen molar-refractivity contribution in [3.05, 3.63) is 52.2 Å². The van der Waals surface area contributed by atoms with Crippen molar-refractivity contribution in [2.24, 2.45) is 0 Å². The Balaban J connectivity index is 1.89. The maximum absolute atomic E-state index is 12.0. The maximum atomic E-state index is 12.0. The van der Waals surface area contributed by atoms with Gasteiger partial charge in [-0.1, -0.05) is 6.07 Å². The largest absolute Gasteiger partial charge is 0.337 e. The highest BCUT2D eigenvalue weighted by Gasteiger charge is 2.07. The second-order valence-electron chi connectivity index (χ2n) is 3.89. The van der Waals surface area contributed by atoms with E-state index in [4.69, 9.17) is 12.2 Å². The molecule has 0 atom stereocenters. The first kappa shape index (κ1) is 12.0. The van der Waals surface area contributed by atoms with Gasteiger partial charge in [0.1, 0.15) is 5.69 Å². The van der Waals surface area contributed by atoms with Crippen LogP contribution in [0.25, 0.3) is 10.2 Å². The number of anilines is 1. The van der Waals surface area contributed by atoms with Crippen LogP contribution in [-0.2, 0) is 0 Å². The minimum absolute atomic E-state index is 0.223. The van der Waals surface area contributed by atoms with E-state index in [1.165, 1.54) is 11.3 Å². The van der Waals surface area contributed by atoms with Gasteiger partial charge in [-0.2, -0.15) is 0 Å². The number of benzene rings is 1. The summed E-state index contributed by atoms with van der Waals surface area (Å²) in [7, 11) is 0. The summed E-state index contributed by atoms with van der Waals surface area (Å²) in [6.07, 6.45) is 1.59. The smallest absolute Gasteiger partial charge is 0.274 e. The average Bonchev–Trinajstić information content (AvgIpc) is 2.79. The Bertz CT molecular complexity index is 792. The van der Waals surface area contributed by atoms with Gasteiger partial charge in [-0.3, -0.25) is 9.78 Å². The van der Waals surface area contributed by atoms with Gasteiger partial charge in [0, 0.05) is 11.9 Å². The molecule has 2 aromatic heterocycles. The Morgan fingerprint density at radius 1 is 1.32 bits per heavy atom. The number of hydrogen-bond donors (Lipinski definition) is 2. The number of aromatic amines is 1. The van der Waals surface area contributed by atoms with Crippen LogP contribution in [0.1, 0.15) is 10.5 Å². The van der Waals surface area contributed by atoms with Crippen LogP contribution >= 0.6 is 23.6 Å². The number of thiazole rings is 1. The summed E-state index contributed by atoms with van der Waals surface area (Å²) >= 11 is 6.57. The first-order valence-electron chi connectivity index (χ1n) is 5.58. The summed E-state index contributed by atoms with van der Waals surface area (Å²) in [4.78, 5) is 19.0. The van der Waals surface area contributed by atoms with Crippen LogP contribution in [0.15, 0.2) is 42.6 Å². The van der Waals surface area contributed by atoms with Gasteiger partial charge in [-0.15, -0.1) is 11.3 Å². The van der Waals surface area contributed by atoms with Gasteiger partial charge in [-0.25, -0.2) is 0 Å². The van der Waals surface area contributed by atoms with Crippen molar-refractivity contribution >= 4 is 45.4 Å². The van der Waals surface area contributed by atoms with Gasteiger partial charge in [-0.05, 0) is 42.5 Å². The van der Waals surface area contributed by atoms with E-state index in [1.54, 1.807) is 24.4 Å². The van der Waals surface area contributed by atoms with Crippen molar-refractivity contribution < 1.29 is 4.79 Å². The molecule has 2 heterocycles. The minimum atomic E-state index is -0.223. The van der Waals surface area contributed by atoms with E-state index in [0.29, 0.717) is 5.69 Å². The summed E-state index contributed by atoms with van der Waals surface area (Å²) in [5.74, 6) is -0.223. The summed E-state index contributed by atoms with van der Waals surface area (Å²) < 4.78 is 1.74. The third-order valence-electron chi connectivity index (χ3n) is 2.58. The summed E-state index contributed by atoms with van der Waals surface area (Å²) in [5, 5.41) is 2.82. The standard InChI is InChI=1S/C13H9N3OS2/c17-12(10-3-1-2-6-14-10)15-8-4-5-9-11(7-8)19-13(18)16-9/h1-7H,(H,15,17)(H,16,18). The Hall–Kier alpha value is -2.05. The number of carbonyl (C=O) groups excluding carboxylic acids is 1. The van der Waals surface area contributed by atoms with Crippen LogP contribution < -0.4 is 5.32 Å². The van der Waals surface area contributed by atoms with Crippen LogP contribution in [0.2, 0.25) is 0 Å². The Morgan fingerprint density at radius 3 is 3.00 bits per heavy atom. The summed E-state index contributed by atoms with van der Waals surface area (Å²) in [6.45, 7) is 0. The van der Waals surface area contributed by atoms with E-state index in [-0.39, 0.29) is 5.91 Å². The van der Waals surface area contributed by atoms with E-state index in [9.17, 15) is 4.79 Å². The molecule has 3 rings (SSSR count). The molecule has 1 aromatic carbocycles. The number of H-pyrrole nitrogens is 1. The molecule has 0 saturated heterocycles. The molecule has 1 amide bonds. The van der Waals surface area contributed by atoms with Gasteiger partial charge in [0.25, 0.3) is 5.91 Å². The fourth-order valence-corrected chi connectivity index (χ4v) is 2.87. The highest BCUT2D eigenvalue weighted by molar-refractivity contribution is 7.73. The molecule has 6 heteroatoms. The number of nitrogens with zero attached hydrogens (tertiary/aromatic N) is 1. The van der Waals surface area contributed by atoms with E-state index in [0.717, 1.165) is 19.9 Å². The summed E-state index contributed by atoms with van der Waals surface area (Å²) in [6, 6.07) is 10.9. The van der Waals surface area contributed by atoms with Crippen molar-refractivity contribution in [3.63, 3.8) is 0 Å². The molecule has 0 fully saturated rings. The number of rotatable bonds is 2. The fourth-order valence-electron chi connectivity index (χ4n) is 1.72. The lowest BCUT2D eigenvalue weighted by molar-refractivity contribution is 0.102. The van der Waals surface area contributed by atoms with Crippen LogP contribution in [0, 0.1) is 3.95 Å². The van der Waals surface area contributed by atoms with Crippen molar-refractivity contribution in [2.45, 2.75) is 0 Å². The van der Waals surface area contributed by atoms with Crippen molar-refractivity contribution in [1.82, 2.24) is 9.97 Å². The molecular formula is C13H9N3OS2.